The van der Waals surface area contributed by atoms with Crippen LogP contribution in [0.5, 0.6) is 0 Å². The van der Waals surface area contributed by atoms with Crippen LogP contribution in [0.2, 0.25) is 0 Å². The van der Waals surface area contributed by atoms with E-state index in [0.29, 0.717) is 18.8 Å². The summed E-state index contributed by atoms with van der Waals surface area (Å²) in [5.74, 6) is 0.128. The average Bonchev–Trinajstić information content (AvgIpc) is 3.23. The van der Waals surface area contributed by atoms with Crippen molar-refractivity contribution < 1.29 is 17.9 Å². The second-order valence-electron chi connectivity index (χ2n) is 5.77. The van der Waals surface area contributed by atoms with Crippen molar-refractivity contribution in [1.82, 2.24) is 4.72 Å². The van der Waals surface area contributed by atoms with Crippen LogP contribution in [0.3, 0.4) is 0 Å². The van der Waals surface area contributed by atoms with Crippen LogP contribution in [0.15, 0.2) is 29.2 Å². The van der Waals surface area contributed by atoms with Gasteiger partial charge in [-0.15, -0.1) is 0 Å². The van der Waals surface area contributed by atoms with Gasteiger partial charge in [-0.3, -0.25) is 4.79 Å². The van der Waals surface area contributed by atoms with Crippen LogP contribution in [-0.2, 0) is 19.6 Å². The third-order valence-corrected chi connectivity index (χ3v) is 5.34. The van der Waals surface area contributed by atoms with E-state index in [1.165, 1.54) is 12.1 Å². The van der Waals surface area contributed by atoms with Crippen LogP contribution in [-0.4, -0.2) is 33.6 Å². The van der Waals surface area contributed by atoms with Crippen LogP contribution in [0.4, 0.5) is 5.69 Å². The van der Waals surface area contributed by atoms with Crippen LogP contribution in [0.25, 0.3) is 0 Å². The maximum atomic E-state index is 12.2. The molecule has 1 heterocycles. The molecule has 1 saturated carbocycles. The minimum absolute atomic E-state index is 0.00659. The quantitative estimate of drug-likeness (QED) is 0.830. The molecule has 0 bridgehead atoms. The molecule has 22 heavy (non-hydrogen) atoms. The van der Waals surface area contributed by atoms with Crippen LogP contribution in [0, 0.1) is 5.92 Å². The molecule has 1 amide bonds. The number of benzene rings is 1. The van der Waals surface area contributed by atoms with E-state index >= 15 is 0 Å². The zero-order chi connectivity index (χ0) is 15.6. The van der Waals surface area contributed by atoms with Crippen molar-refractivity contribution in [2.45, 2.75) is 36.7 Å². The van der Waals surface area contributed by atoms with E-state index in [4.69, 9.17) is 4.74 Å². The molecule has 1 aliphatic carbocycles. The number of ether oxygens (including phenoxy) is 1. The van der Waals surface area contributed by atoms with Gasteiger partial charge >= 0.3 is 0 Å². The lowest BCUT2D eigenvalue weighted by atomic mass is 10.2. The molecule has 7 heteroatoms. The first-order valence-electron chi connectivity index (χ1n) is 7.57. The van der Waals surface area contributed by atoms with Gasteiger partial charge in [0.1, 0.15) is 0 Å². The number of nitrogens with one attached hydrogen (secondary N) is 2. The summed E-state index contributed by atoms with van der Waals surface area (Å²) < 4.78 is 32.3. The highest BCUT2D eigenvalue weighted by Crippen LogP contribution is 2.30. The van der Waals surface area contributed by atoms with Crippen LogP contribution in [0.1, 0.15) is 25.7 Å². The van der Waals surface area contributed by atoms with E-state index in [1.807, 2.05) is 0 Å². The molecule has 1 aliphatic heterocycles. The van der Waals surface area contributed by atoms with Crippen molar-refractivity contribution in [2.75, 3.05) is 18.5 Å². The molecule has 1 atom stereocenters. The fourth-order valence-electron chi connectivity index (χ4n) is 2.40. The van der Waals surface area contributed by atoms with Gasteiger partial charge in [0.05, 0.1) is 11.0 Å². The number of rotatable bonds is 6. The average molecular weight is 324 g/mol. The summed E-state index contributed by atoms with van der Waals surface area (Å²) in [6, 6.07) is 6.22. The summed E-state index contributed by atoms with van der Waals surface area (Å²) >= 11 is 0. The Balaban J connectivity index is 1.59. The van der Waals surface area contributed by atoms with Crippen molar-refractivity contribution in [3.05, 3.63) is 24.3 Å². The van der Waals surface area contributed by atoms with E-state index in [1.54, 1.807) is 12.1 Å². The molecule has 1 saturated heterocycles. The predicted molar refractivity (Wildman–Crippen MR) is 82.0 cm³/mol. The molecule has 1 aromatic carbocycles. The first-order chi connectivity index (χ1) is 10.5. The normalized spacial score (nSPS) is 21.7. The van der Waals surface area contributed by atoms with Gasteiger partial charge in [-0.25, -0.2) is 13.1 Å². The van der Waals surface area contributed by atoms with Crippen LogP contribution < -0.4 is 10.0 Å². The van der Waals surface area contributed by atoms with Crippen molar-refractivity contribution in [2.24, 2.45) is 5.92 Å². The summed E-state index contributed by atoms with van der Waals surface area (Å²) in [6.45, 7) is 0.990. The Morgan fingerprint density at radius 2 is 1.91 bits per heavy atom. The van der Waals surface area contributed by atoms with Gasteiger partial charge in [0.15, 0.2) is 0 Å². The van der Waals surface area contributed by atoms with Gasteiger partial charge in [0.25, 0.3) is 0 Å². The second-order valence-corrected chi connectivity index (χ2v) is 7.54. The van der Waals surface area contributed by atoms with E-state index in [2.05, 4.69) is 10.0 Å². The maximum absolute atomic E-state index is 12.2. The van der Waals surface area contributed by atoms with Gasteiger partial charge < -0.3 is 10.1 Å². The standard InChI is InChI=1S/C15H20N2O4S/c18-15(11-3-4-11)17-12-5-7-14(8-6-12)22(19,20)16-10-13-2-1-9-21-13/h5-8,11,13,16H,1-4,9-10H2,(H,17,18)/t13-/m0/s1. The van der Waals surface area contributed by atoms with Gasteiger partial charge in [-0.1, -0.05) is 0 Å². The minimum atomic E-state index is -3.54. The number of carbonyl (C=O) groups is 1. The molecule has 0 aromatic heterocycles. The Morgan fingerprint density at radius 3 is 2.50 bits per heavy atom. The van der Waals surface area contributed by atoms with Crippen molar-refractivity contribution >= 4 is 21.6 Å². The van der Waals surface area contributed by atoms with Crippen molar-refractivity contribution in [3.8, 4) is 0 Å². The monoisotopic (exact) mass is 324 g/mol. The molecule has 0 unspecified atom stereocenters. The summed E-state index contributed by atoms with van der Waals surface area (Å²) in [5.41, 5.74) is 0.620. The first kappa shape index (κ1) is 15.5. The van der Waals surface area contributed by atoms with Crippen molar-refractivity contribution in [3.63, 3.8) is 0 Å². The molecule has 0 spiro atoms. The number of hydrogen-bond donors (Lipinski definition) is 2. The Morgan fingerprint density at radius 1 is 1.18 bits per heavy atom. The smallest absolute Gasteiger partial charge is 0.240 e. The maximum Gasteiger partial charge on any atom is 0.240 e. The Hall–Kier alpha value is -1.44. The Bertz CT molecular complexity index is 632. The van der Waals surface area contributed by atoms with E-state index in [-0.39, 0.29) is 22.8 Å². The molecule has 1 aromatic rings. The predicted octanol–water partition coefficient (Wildman–Crippen LogP) is 1.49. The largest absolute Gasteiger partial charge is 0.377 e. The fraction of sp³-hybridized carbons (Fsp3) is 0.533. The number of hydrogen-bond acceptors (Lipinski definition) is 4. The van der Waals surface area contributed by atoms with E-state index in [9.17, 15) is 13.2 Å². The highest BCUT2D eigenvalue weighted by atomic mass is 32.2. The molecule has 2 N–H and O–H groups in total. The highest BCUT2D eigenvalue weighted by molar-refractivity contribution is 7.89. The minimum Gasteiger partial charge on any atom is -0.377 e. The lowest BCUT2D eigenvalue weighted by Gasteiger charge is -2.12. The SMILES string of the molecule is O=C(Nc1ccc(S(=O)(=O)NC[C@@H]2CCCO2)cc1)C1CC1. The summed E-state index contributed by atoms with van der Waals surface area (Å²) in [4.78, 5) is 11.8. The molecular formula is C15H20N2O4S. The zero-order valence-corrected chi connectivity index (χ0v) is 13.1. The first-order valence-corrected chi connectivity index (χ1v) is 9.05. The molecular weight excluding hydrogens is 304 g/mol. The number of anilines is 1. The van der Waals surface area contributed by atoms with Gasteiger partial charge in [-0.2, -0.15) is 0 Å². The fourth-order valence-corrected chi connectivity index (χ4v) is 3.46. The number of sulfonamides is 1. The molecule has 120 valence electrons. The third kappa shape index (κ3) is 3.85. The second kappa shape index (κ2) is 6.36. The number of amides is 1. The topological polar surface area (TPSA) is 84.5 Å². The van der Waals surface area contributed by atoms with Gasteiger partial charge in [0.2, 0.25) is 15.9 Å². The van der Waals surface area contributed by atoms with Gasteiger partial charge in [0, 0.05) is 24.8 Å². The molecule has 6 nitrogen and oxygen atoms in total. The molecule has 2 fully saturated rings. The number of carbonyl (C=O) groups excluding carboxylic acids is 1. The van der Waals surface area contributed by atoms with Crippen molar-refractivity contribution in [1.29, 1.82) is 0 Å². The van der Waals surface area contributed by atoms with E-state index < -0.39 is 10.0 Å². The Labute approximate surface area is 130 Å². The molecule has 3 rings (SSSR count). The molecule has 2 aliphatic rings. The zero-order valence-electron chi connectivity index (χ0n) is 12.2. The highest BCUT2D eigenvalue weighted by Gasteiger charge is 2.29. The molecule has 0 radical (unpaired) electrons. The van der Waals surface area contributed by atoms with E-state index in [0.717, 1.165) is 25.7 Å². The van der Waals surface area contributed by atoms with Crippen LogP contribution >= 0.6 is 0 Å². The van der Waals surface area contributed by atoms with Gasteiger partial charge in [-0.05, 0) is 49.9 Å². The lowest BCUT2D eigenvalue weighted by Crippen LogP contribution is -2.31. The summed E-state index contributed by atoms with van der Waals surface area (Å²) in [5, 5.41) is 2.79. The summed E-state index contributed by atoms with van der Waals surface area (Å²) in [7, 11) is -3.54. The third-order valence-electron chi connectivity index (χ3n) is 3.91. The lowest BCUT2D eigenvalue weighted by molar-refractivity contribution is -0.117. The summed E-state index contributed by atoms with van der Waals surface area (Å²) in [6.07, 6.45) is 3.69. The Kier molecular flexibility index (Phi) is 4.46.